The summed E-state index contributed by atoms with van der Waals surface area (Å²) < 4.78 is 6.01. The lowest BCUT2D eigenvalue weighted by Gasteiger charge is -2.38. The van der Waals surface area contributed by atoms with Crippen LogP contribution in [0.3, 0.4) is 0 Å². The molecule has 2 unspecified atom stereocenters. The van der Waals surface area contributed by atoms with E-state index in [0.29, 0.717) is 27.1 Å². The van der Waals surface area contributed by atoms with E-state index >= 15 is 0 Å². The standard InChI is InChI=1S/C24H24Cl2N4O2/c1-24(28-3)12-6-9-18(27-2)21(24)29-23(31)30-22-20(15-7-4-5-8-17(15)26)16-13-14(25)10-11-19(16)32-22/h4-13,21,27-28H,1-3H3,(H2,29,30,31). The minimum atomic E-state index is -0.475. The molecule has 1 aliphatic rings. The van der Waals surface area contributed by atoms with Crippen LogP contribution >= 0.6 is 23.2 Å². The summed E-state index contributed by atoms with van der Waals surface area (Å²) in [4.78, 5) is 13.1. The van der Waals surface area contributed by atoms with Crippen LogP contribution in [-0.2, 0) is 0 Å². The summed E-state index contributed by atoms with van der Waals surface area (Å²) in [7, 11) is 3.68. The normalized spacial score (nSPS) is 20.2. The second-order valence-electron chi connectivity index (χ2n) is 7.72. The third kappa shape index (κ3) is 4.09. The number of carbonyl (C=O) groups excluding carboxylic acids is 1. The Balaban J connectivity index is 1.71. The fraction of sp³-hybridized carbons (Fsp3) is 0.208. The van der Waals surface area contributed by atoms with Crippen molar-refractivity contribution in [2.45, 2.75) is 18.5 Å². The number of amides is 2. The molecule has 3 aromatic rings. The average molecular weight is 471 g/mol. The van der Waals surface area contributed by atoms with Gasteiger partial charge in [0, 0.05) is 33.7 Å². The van der Waals surface area contributed by atoms with E-state index in [4.69, 9.17) is 27.6 Å². The number of allylic oxidation sites excluding steroid dienone is 2. The molecule has 0 aliphatic heterocycles. The number of anilines is 1. The summed E-state index contributed by atoms with van der Waals surface area (Å²) in [6, 6.07) is 12.0. The number of hydrogen-bond donors (Lipinski definition) is 4. The highest BCUT2D eigenvalue weighted by Gasteiger charge is 2.36. The van der Waals surface area contributed by atoms with E-state index < -0.39 is 11.6 Å². The topological polar surface area (TPSA) is 78.3 Å². The van der Waals surface area contributed by atoms with Crippen LogP contribution < -0.4 is 21.3 Å². The largest absolute Gasteiger partial charge is 0.440 e. The van der Waals surface area contributed by atoms with Crippen molar-refractivity contribution in [1.82, 2.24) is 16.0 Å². The maximum atomic E-state index is 13.1. The Hall–Kier alpha value is -2.93. The highest BCUT2D eigenvalue weighted by molar-refractivity contribution is 6.34. The molecule has 1 aromatic heterocycles. The van der Waals surface area contributed by atoms with E-state index in [9.17, 15) is 4.79 Å². The molecule has 6 nitrogen and oxygen atoms in total. The molecular weight excluding hydrogens is 447 g/mol. The van der Waals surface area contributed by atoms with Gasteiger partial charge in [-0.05, 0) is 44.3 Å². The molecule has 0 fully saturated rings. The molecule has 2 atom stereocenters. The first-order valence-corrected chi connectivity index (χ1v) is 10.9. The lowest BCUT2D eigenvalue weighted by atomic mass is 9.86. The number of urea groups is 1. The molecule has 1 aliphatic carbocycles. The monoisotopic (exact) mass is 470 g/mol. The van der Waals surface area contributed by atoms with Crippen LogP contribution in [0.4, 0.5) is 10.7 Å². The van der Waals surface area contributed by atoms with Crippen LogP contribution in [0.5, 0.6) is 0 Å². The van der Waals surface area contributed by atoms with E-state index in [0.717, 1.165) is 16.6 Å². The zero-order chi connectivity index (χ0) is 22.9. The van der Waals surface area contributed by atoms with Gasteiger partial charge in [0.05, 0.1) is 17.1 Å². The summed E-state index contributed by atoms with van der Waals surface area (Å²) in [6.45, 7) is 2.01. The molecule has 4 rings (SSSR count). The van der Waals surface area contributed by atoms with Crippen molar-refractivity contribution in [2.24, 2.45) is 0 Å². The Labute approximate surface area is 196 Å². The van der Waals surface area contributed by atoms with Crippen molar-refractivity contribution < 1.29 is 9.21 Å². The van der Waals surface area contributed by atoms with Crippen molar-refractivity contribution in [3.8, 4) is 11.1 Å². The molecule has 166 valence electrons. The molecule has 2 amide bonds. The van der Waals surface area contributed by atoms with Crippen molar-refractivity contribution in [3.63, 3.8) is 0 Å². The number of benzene rings is 2. The van der Waals surface area contributed by atoms with Crippen molar-refractivity contribution in [2.75, 3.05) is 19.4 Å². The van der Waals surface area contributed by atoms with Crippen LogP contribution in [0.2, 0.25) is 10.0 Å². The van der Waals surface area contributed by atoms with E-state index in [2.05, 4.69) is 21.3 Å². The van der Waals surface area contributed by atoms with E-state index in [-0.39, 0.29) is 6.04 Å². The molecule has 0 radical (unpaired) electrons. The summed E-state index contributed by atoms with van der Waals surface area (Å²) >= 11 is 12.7. The Morgan fingerprint density at radius 3 is 2.62 bits per heavy atom. The number of halogens is 2. The zero-order valence-corrected chi connectivity index (χ0v) is 19.4. The van der Waals surface area contributed by atoms with Crippen LogP contribution in [0.1, 0.15) is 6.92 Å². The molecule has 0 bridgehead atoms. The number of rotatable bonds is 5. The van der Waals surface area contributed by atoms with Gasteiger partial charge in [-0.25, -0.2) is 4.79 Å². The molecule has 1 heterocycles. The Morgan fingerprint density at radius 2 is 1.91 bits per heavy atom. The molecule has 4 N–H and O–H groups in total. The van der Waals surface area contributed by atoms with Crippen molar-refractivity contribution in [1.29, 1.82) is 0 Å². The number of hydrogen-bond acceptors (Lipinski definition) is 4. The zero-order valence-electron chi connectivity index (χ0n) is 17.9. The van der Waals surface area contributed by atoms with Gasteiger partial charge in [-0.15, -0.1) is 0 Å². The average Bonchev–Trinajstić information content (AvgIpc) is 3.12. The Kier molecular flexibility index (Phi) is 6.20. The Morgan fingerprint density at radius 1 is 1.12 bits per heavy atom. The predicted octanol–water partition coefficient (Wildman–Crippen LogP) is 5.55. The summed E-state index contributed by atoms with van der Waals surface area (Å²) in [5.41, 5.74) is 2.41. The summed E-state index contributed by atoms with van der Waals surface area (Å²) in [6.07, 6.45) is 5.90. The molecule has 2 aromatic carbocycles. The first kappa shape index (κ1) is 22.3. The first-order valence-electron chi connectivity index (χ1n) is 10.2. The maximum absolute atomic E-state index is 13.1. The number of likely N-dealkylation sites (N-methyl/N-ethyl adjacent to an activating group) is 2. The second kappa shape index (κ2) is 8.90. The van der Waals surface area contributed by atoms with Crippen molar-refractivity contribution in [3.05, 3.63) is 76.4 Å². The summed E-state index contributed by atoms with van der Waals surface area (Å²) in [5, 5.41) is 14.2. The van der Waals surface area contributed by atoms with Gasteiger partial charge in [0.2, 0.25) is 5.88 Å². The highest BCUT2D eigenvalue weighted by atomic mass is 35.5. The molecule has 0 spiro atoms. The number of furan rings is 1. The molecule has 8 heteroatoms. The number of carbonyl (C=O) groups is 1. The number of nitrogens with one attached hydrogen (secondary N) is 4. The van der Waals surface area contributed by atoms with Crippen LogP contribution in [0.25, 0.3) is 22.1 Å². The fourth-order valence-electron chi connectivity index (χ4n) is 3.91. The minimum Gasteiger partial charge on any atom is -0.440 e. The summed E-state index contributed by atoms with van der Waals surface area (Å²) in [5.74, 6) is 0.292. The lowest BCUT2D eigenvalue weighted by molar-refractivity contribution is 0.242. The molecular formula is C24H24Cl2N4O2. The quantitative estimate of drug-likeness (QED) is 0.394. The van der Waals surface area contributed by atoms with Gasteiger partial charge >= 0.3 is 6.03 Å². The van der Waals surface area contributed by atoms with E-state index in [1.165, 1.54) is 0 Å². The highest BCUT2D eigenvalue weighted by Crippen LogP contribution is 2.42. The maximum Gasteiger partial charge on any atom is 0.322 e. The number of fused-ring (bicyclic) bond motifs is 1. The van der Waals surface area contributed by atoms with Crippen LogP contribution in [0, 0.1) is 0 Å². The van der Waals surface area contributed by atoms with Gasteiger partial charge in [0.1, 0.15) is 5.58 Å². The van der Waals surface area contributed by atoms with Gasteiger partial charge in [-0.2, -0.15) is 0 Å². The van der Waals surface area contributed by atoms with Crippen LogP contribution in [0.15, 0.2) is 70.8 Å². The Bertz CT molecular complexity index is 1230. The van der Waals surface area contributed by atoms with E-state index in [1.807, 2.05) is 57.4 Å². The predicted molar refractivity (Wildman–Crippen MR) is 131 cm³/mol. The lowest BCUT2D eigenvalue weighted by Crippen LogP contribution is -2.60. The third-order valence-corrected chi connectivity index (χ3v) is 6.32. The van der Waals surface area contributed by atoms with Gasteiger partial charge in [-0.3, -0.25) is 5.32 Å². The minimum absolute atomic E-state index is 0.292. The van der Waals surface area contributed by atoms with E-state index in [1.54, 1.807) is 24.3 Å². The third-order valence-electron chi connectivity index (χ3n) is 5.75. The van der Waals surface area contributed by atoms with Gasteiger partial charge in [0.25, 0.3) is 0 Å². The fourth-order valence-corrected chi connectivity index (χ4v) is 4.31. The van der Waals surface area contributed by atoms with Gasteiger partial charge < -0.3 is 20.4 Å². The SMILES string of the molecule is CNC1=CC=CC(C)(NC)C1NC(=O)Nc1oc2ccc(Cl)cc2c1-c1ccccc1Cl. The van der Waals surface area contributed by atoms with Crippen LogP contribution in [-0.4, -0.2) is 31.7 Å². The smallest absolute Gasteiger partial charge is 0.322 e. The molecule has 0 saturated heterocycles. The first-order chi connectivity index (χ1) is 15.4. The van der Waals surface area contributed by atoms with Gasteiger partial charge in [0.15, 0.2) is 0 Å². The van der Waals surface area contributed by atoms with Crippen molar-refractivity contribution >= 4 is 46.1 Å². The molecule has 0 saturated carbocycles. The second-order valence-corrected chi connectivity index (χ2v) is 8.57. The van der Waals surface area contributed by atoms with Gasteiger partial charge in [-0.1, -0.05) is 53.6 Å². The molecule has 32 heavy (non-hydrogen) atoms.